The molecule has 68 heavy (non-hydrogen) atoms. The fourth-order valence-corrected chi connectivity index (χ4v) is 9.04. The first-order valence-corrected chi connectivity index (χ1v) is 23.7. The Bertz CT molecular complexity index is 3470. The highest BCUT2D eigenvalue weighted by atomic mass is 16.1. The van der Waals surface area contributed by atoms with Gasteiger partial charge in [-0.25, -0.2) is 9.97 Å². The first-order valence-electron chi connectivity index (χ1n) is 23.7. The Labute approximate surface area is 400 Å². The third-order valence-corrected chi connectivity index (χ3v) is 12.9. The molecule has 5 heterocycles. The molecule has 0 aliphatic carbocycles. The predicted molar refractivity (Wildman–Crippen MR) is 286 cm³/mol. The average Bonchev–Trinajstić information content (AvgIpc) is 4.19. The molecule has 4 aromatic carbocycles. The van der Waals surface area contributed by atoms with Crippen LogP contribution in [0.1, 0.15) is 130 Å². The normalized spacial score (nSPS) is 11.8. The molecule has 0 radical (unpaired) electrons. The number of rotatable bonds is 10. The minimum atomic E-state index is 0.367. The Morgan fingerprint density at radius 2 is 0.779 bits per heavy atom. The summed E-state index contributed by atoms with van der Waals surface area (Å²) >= 11 is 0. The largest absolute Gasteiger partial charge is 0.354 e. The molecule has 5 heteroatoms. The molecule has 0 saturated carbocycles. The number of carbonyl (C=O) groups excluding carboxylic acids is 1. The van der Waals surface area contributed by atoms with Crippen LogP contribution in [0.5, 0.6) is 0 Å². The number of allylic oxidation sites excluding steroid dienone is 1. The second-order valence-corrected chi connectivity index (χ2v) is 18.8. The second kappa shape index (κ2) is 19.5. The quantitative estimate of drug-likeness (QED) is 0.0816. The van der Waals surface area contributed by atoms with Crippen LogP contribution in [0.25, 0.3) is 97.0 Å². The summed E-state index contributed by atoms with van der Waals surface area (Å²) in [7, 11) is 0. The lowest BCUT2D eigenvalue weighted by atomic mass is 9.97. The Balaban J connectivity index is 1.49. The number of nitrogens with one attached hydrogen (secondary N) is 2. The Morgan fingerprint density at radius 1 is 0.426 bits per heavy atom. The highest BCUT2D eigenvalue weighted by Crippen LogP contribution is 2.40. The van der Waals surface area contributed by atoms with Gasteiger partial charge in [-0.3, -0.25) is 4.79 Å². The van der Waals surface area contributed by atoms with Gasteiger partial charge < -0.3 is 9.97 Å². The third-order valence-electron chi connectivity index (χ3n) is 12.9. The molecule has 2 N–H and O–H groups in total. The Kier molecular flexibility index (Phi) is 12.9. The summed E-state index contributed by atoms with van der Waals surface area (Å²) in [6, 6.07) is 42.0. The maximum absolute atomic E-state index is 11.0. The van der Waals surface area contributed by atoms with Gasteiger partial charge in [-0.05, 0) is 128 Å². The van der Waals surface area contributed by atoms with Crippen LogP contribution in [0, 0.1) is 0 Å². The van der Waals surface area contributed by atoms with E-state index in [1.165, 1.54) is 28.3 Å². The van der Waals surface area contributed by atoms with E-state index in [0.29, 0.717) is 30.0 Å². The highest BCUT2D eigenvalue weighted by molar-refractivity contribution is 6.02. The summed E-state index contributed by atoms with van der Waals surface area (Å²) in [6.45, 7) is 17.8. The number of nitrogens with zero attached hydrogens (tertiary/aromatic N) is 2. The van der Waals surface area contributed by atoms with Crippen LogP contribution in [-0.4, -0.2) is 26.2 Å². The number of aromatic nitrogens is 4. The number of fused-ring (bicyclic) bond motifs is 8. The van der Waals surface area contributed by atoms with Crippen molar-refractivity contribution in [2.24, 2.45) is 0 Å². The van der Waals surface area contributed by atoms with Gasteiger partial charge in [0.1, 0.15) is 0 Å². The van der Waals surface area contributed by atoms with Crippen molar-refractivity contribution in [2.75, 3.05) is 0 Å². The maximum Gasteiger partial charge on any atom is 0.151 e. The molecule has 3 aromatic heterocycles. The van der Waals surface area contributed by atoms with Crippen LogP contribution in [0.3, 0.4) is 0 Å². The monoisotopic (exact) mass is 884 g/mol. The summed E-state index contributed by atoms with van der Waals surface area (Å²) in [6.07, 6.45) is 12.4. The molecule has 5 nitrogen and oxygen atoms in total. The van der Waals surface area contributed by atoms with Crippen LogP contribution in [0.15, 0.2) is 144 Å². The molecule has 7 aromatic rings. The molecular weight excluding hydrogens is 829 g/mol. The number of hydrogen-bond donors (Lipinski definition) is 2. The number of aromatic amines is 2. The zero-order valence-electron chi connectivity index (χ0n) is 40.1. The molecular formula is C63H56N4O. The van der Waals surface area contributed by atoms with E-state index in [1.807, 2.05) is 6.08 Å². The number of hydrogen-bond acceptors (Lipinski definition) is 3. The van der Waals surface area contributed by atoms with Gasteiger partial charge in [0.25, 0.3) is 0 Å². The number of benzene rings is 4. The molecule has 0 fully saturated rings. The second-order valence-electron chi connectivity index (χ2n) is 18.8. The molecule has 0 saturated heterocycles. The summed E-state index contributed by atoms with van der Waals surface area (Å²) in [4.78, 5) is 30.0. The number of aldehydes is 1. The van der Waals surface area contributed by atoms with E-state index in [2.05, 4.69) is 228 Å². The maximum atomic E-state index is 11.0. The fourth-order valence-electron chi connectivity index (χ4n) is 9.04. The van der Waals surface area contributed by atoms with Gasteiger partial charge in [0.2, 0.25) is 0 Å². The average molecular weight is 885 g/mol. The van der Waals surface area contributed by atoms with E-state index in [4.69, 9.17) is 9.97 Å². The minimum Gasteiger partial charge on any atom is -0.354 e. The summed E-state index contributed by atoms with van der Waals surface area (Å²) < 4.78 is 0. The number of H-pyrrole nitrogens is 2. The van der Waals surface area contributed by atoms with E-state index >= 15 is 0 Å². The summed E-state index contributed by atoms with van der Waals surface area (Å²) in [5.41, 5.74) is 32.7. The van der Waals surface area contributed by atoms with Crippen LogP contribution >= 0.6 is 0 Å². The van der Waals surface area contributed by atoms with Crippen molar-refractivity contribution in [3.05, 3.63) is 195 Å². The molecule has 9 rings (SSSR count). The standard InChI is InChI=1S/C63H56N4O/c1-39(2)43-15-23-47(24-16-43)59-52-31-32-53(64-52)60(48-25-17-44(18-26-48)40(3)4)55-35-36-57(66-55)62(50-29-21-46(22-30-50)42(7)8)63-51(14-12-10-9-11-13-37-68)38-58(67-63)61(56-34-33-54(59)65-56)49-27-19-45(20-28-49)41(5)6/h13-42,64,67H,1-8H3. The number of carbonyl (C=O) groups is 1. The zero-order chi connectivity index (χ0) is 47.5. The SMILES string of the molecule is CC(C)c1ccc(-c2c3nc(c(-c4ccc(C(C)C)cc4)c4cc(C=C=C=C=C=CC=O)c([nH]4)c(-c4ccc(C(C)C)cc4)c4nc(c(-c5ccc(C(C)C)cc5)c5ccc2[nH]5)C=C4)C=C3)cc1. The van der Waals surface area contributed by atoms with Crippen molar-refractivity contribution >= 4 is 58.7 Å². The van der Waals surface area contributed by atoms with Crippen molar-refractivity contribution in [3.8, 4) is 44.5 Å². The molecule has 0 atom stereocenters. The molecule has 0 unspecified atom stereocenters. The van der Waals surface area contributed by atoms with Crippen molar-refractivity contribution in [3.63, 3.8) is 0 Å². The minimum absolute atomic E-state index is 0.367. The lowest BCUT2D eigenvalue weighted by Crippen LogP contribution is -1.92. The molecule has 0 amide bonds. The smallest absolute Gasteiger partial charge is 0.151 e. The highest BCUT2D eigenvalue weighted by Gasteiger charge is 2.21. The predicted octanol–water partition coefficient (Wildman–Crippen LogP) is 16.6. The van der Waals surface area contributed by atoms with Gasteiger partial charge in [0, 0.05) is 50.4 Å². The zero-order valence-corrected chi connectivity index (χ0v) is 40.1. The molecule has 334 valence electrons. The molecule has 2 aliphatic rings. The van der Waals surface area contributed by atoms with Gasteiger partial charge >= 0.3 is 0 Å². The van der Waals surface area contributed by atoms with Crippen molar-refractivity contribution in [1.29, 1.82) is 0 Å². The van der Waals surface area contributed by atoms with E-state index in [0.717, 1.165) is 94.9 Å². The molecule has 2 aliphatic heterocycles. The van der Waals surface area contributed by atoms with Gasteiger partial charge in [-0.15, -0.1) is 0 Å². The van der Waals surface area contributed by atoms with Crippen molar-refractivity contribution in [2.45, 2.75) is 79.1 Å². The summed E-state index contributed by atoms with van der Waals surface area (Å²) in [5, 5.41) is 0. The van der Waals surface area contributed by atoms with E-state index in [9.17, 15) is 4.79 Å². The summed E-state index contributed by atoms with van der Waals surface area (Å²) in [5.74, 6) is 1.54. The van der Waals surface area contributed by atoms with Gasteiger partial charge in [0.05, 0.1) is 28.3 Å². The first kappa shape index (κ1) is 45.2. The topological polar surface area (TPSA) is 74.4 Å². The van der Waals surface area contributed by atoms with Crippen molar-refractivity contribution < 1.29 is 4.79 Å². The Hall–Kier alpha value is -7.99. The third kappa shape index (κ3) is 9.22. The van der Waals surface area contributed by atoms with Gasteiger partial charge in [0.15, 0.2) is 6.29 Å². The van der Waals surface area contributed by atoms with E-state index in [-0.39, 0.29) is 0 Å². The fraction of sp³-hybridized carbons (Fsp3) is 0.190. The van der Waals surface area contributed by atoms with Crippen molar-refractivity contribution in [1.82, 2.24) is 19.9 Å². The van der Waals surface area contributed by atoms with Crippen LogP contribution in [0.4, 0.5) is 0 Å². The van der Waals surface area contributed by atoms with Crippen LogP contribution < -0.4 is 0 Å². The van der Waals surface area contributed by atoms with Gasteiger partial charge in [-0.1, -0.05) is 164 Å². The van der Waals surface area contributed by atoms with Crippen LogP contribution in [-0.2, 0) is 4.79 Å². The van der Waals surface area contributed by atoms with Gasteiger partial charge in [-0.2, -0.15) is 0 Å². The van der Waals surface area contributed by atoms with E-state index in [1.54, 1.807) is 0 Å². The first-order chi connectivity index (χ1) is 33.0. The lowest BCUT2D eigenvalue weighted by Gasteiger charge is -2.10. The Morgan fingerprint density at radius 3 is 1.16 bits per heavy atom. The van der Waals surface area contributed by atoms with Crippen LogP contribution in [0.2, 0.25) is 0 Å². The molecule has 0 spiro atoms. The van der Waals surface area contributed by atoms with E-state index < -0.39 is 0 Å². The lowest BCUT2D eigenvalue weighted by molar-refractivity contribution is -0.104. The molecule has 8 bridgehead atoms.